The molecule has 1 aromatic heterocycles. The normalized spacial score (nSPS) is 12.7. The van der Waals surface area contributed by atoms with Crippen LogP contribution in [0.15, 0.2) is 79.0 Å². The highest BCUT2D eigenvalue weighted by Crippen LogP contribution is 2.30. The Balaban J connectivity index is 1.35. The molecule has 4 aromatic rings. The second-order valence-electron chi connectivity index (χ2n) is 9.77. The van der Waals surface area contributed by atoms with Crippen LogP contribution in [-0.2, 0) is 17.8 Å². The van der Waals surface area contributed by atoms with Gasteiger partial charge < -0.3 is 29.6 Å². The highest BCUT2D eigenvalue weighted by atomic mass is 16.5. The summed E-state index contributed by atoms with van der Waals surface area (Å²) in [6, 6.07) is 23.0. The number of aromatic amines is 1. The van der Waals surface area contributed by atoms with Gasteiger partial charge in [0.2, 0.25) is 5.91 Å². The van der Waals surface area contributed by atoms with Crippen LogP contribution in [0.4, 0.5) is 10.5 Å². The number of hydrogen-bond acceptors (Lipinski definition) is 4. The van der Waals surface area contributed by atoms with Gasteiger partial charge in [0, 0.05) is 41.9 Å². The summed E-state index contributed by atoms with van der Waals surface area (Å²) in [4.78, 5) is 33.8. The summed E-state index contributed by atoms with van der Waals surface area (Å²) in [5.41, 5.74) is 3.85. The van der Waals surface area contributed by atoms with Crippen LogP contribution in [0.25, 0.3) is 10.9 Å². The molecule has 3 aromatic carbocycles. The van der Waals surface area contributed by atoms with Gasteiger partial charge in [-0.2, -0.15) is 0 Å². The molecule has 1 heterocycles. The first-order valence-corrected chi connectivity index (χ1v) is 13.2. The summed E-state index contributed by atoms with van der Waals surface area (Å²) in [6.45, 7) is 0.915. The number of hydrogen-bond donors (Lipinski definition) is 2. The zero-order valence-electron chi connectivity index (χ0n) is 22.4. The van der Waals surface area contributed by atoms with Crippen molar-refractivity contribution in [2.45, 2.75) is 31.8 Å². The molecule has 0 bridgehead atoms. The van der Waals surface area contributed by atoms with Gasteiger partial charge in [0.1, 0.15) is 6.54 Å². The van der Waals surface area contributed by atoms with Crippen LogP contribution in [0, 0.1) is 0 Å². The number of carbonyl (C=O) groups excluding carboxylic acids is 2. The Bertz CT molecular complexity index is 1430. The largest absolute Gasteiger partial charge is 0.493 e. The van der Waals surface area contributed by atoms with E-state index in [9.17, 15) is 9.59 Å². The number of anilines is 1. The first kappa shape index (κ1) is 26.2. The van der Waals surface area contributed by atoms with Gasteiger partial charge in [0.15, 0.2) is 11.5 Å². The van der Waals surface area contributed by atoms with Crippen LogP contribution >= 0.6 is 0 Å². The number of para-hydroxylation sites is 2. The lowest BCUT2D eigenvalue weighted by Crippen LogP contribution is -2.45. The molecule has 1 fully saturated rings. The van der Waals surface area contributed by atoms with E-state index in [1.807, 2.05) is 77.8 Å². The van der Waals surface area contributed by atoms with Crippen molar-refractivity contribution in [3.63, 3.8) is 0 Å². The number of benzene rings is 3. The summed E-state index contributed by atoms with van der Waals surface area (Å²) in [5, 5.41) is 4.09. The van der Waals surface area contributed by atoms with Gasteiger partial charge in [-0.1, -0.05) is 42.5 Å². The molecule has 0 aliphatic heterocycles. The third-order valence-electron chi connectivity index (χ3n) is 7.08. The van der Waals surface area contributed by atoms with E-state index in [0.29, 0.717) is 36.7 Å². The van der Waals surface area contributed by atoms with Gasteiger partial charge >= 0.3 is 6.03 Å². The maximum absolute atomic E-state index is 13.8. The van der Waals surface area contributed by atoms with Crippen molar-refractivity contribution in [2.75, 3.05) is 32.6 Å². The van der Waals surface area contributed by atoms with E-state index >= 15 is 0 Å². The number of amides is 3. The highest BCUT2D eigenvalue weighted by Gasteiger charge is 2.35. The van der Waals surface area contributed by atoms with Crippen LogP contribution in [0.1, 0.15) is 24.0 Å². The van der Waals surface area contributed by atoms with Crippen molar-refractivity contribution < 1.29 is 19.1 Å². The molecule has 8 heteroatoms. The summed E-state index contributed by atoms with van der Waals surface area (Å²) in [5.74, 6) is 1.15. The summed E-state index contributed by atoms with van der Waals surface area (Å²) >= 11 is 0. The van der Waals surface area contributed by atoms with Crippen LogP contribution in [0.3, 0.4) is 0 Å². The van der Waals surface area contributed by atoms with E-state index < -0.39 is 0 Å². The number of rotatable bonds is 11. The molecule has 39 heavy (non-hydrogen) atoms. The molecule has 1 aliphatic carbocycles. The minimum absolute atomic E-state index is 0.0184. The lowest BCUT2D eigenvalue weighted by atomic mass is 10.1. The highest BCUT2D eigenvalue weighted by molar-refractivity contribution is 5.93. The second kappa shape index (κ2) is 11.9. The first-order valence-electron chi connectivity index (χ1n) is 13.2. The zero-order valence-corrected chi connectivity index (χ0v) is 22.4. The van der Waals surface area contributed by atoms with Crippen molar-refractivity contribution in [3.8, 4) is 11.5 Å². The van der Waals surface area contributed by atoms with Crippen molar-refractivity contribution in [1.29, 1.82) is 0 Å². The number of H-pyrrole nitrogens is 1. The molecule has 202 valence electrons. The third kappa shape index (κ3) is 6.34. The predicted molar refractivity (Wildman–Crippen MR) is 152 cm³/mol. The minimum Gasteiger partial charge on any atom is -0.493 e. The smallest absolute Gasteiger partial charge is 0.322 e. The number of aromatic nitrogens is 1. The zero-order chi connectivity index (χ0) is 27.2. The molecule has 3 amide bonds. The Hall–Kier alpha value is -4.46. The van der Waals surface area contributed by atoms with E-state index in [2.05, 4.69) is 16.4 Å². The molecule has 0 atom stereocenters. The van der Waals surface area contributed by atoms with Gasteiger partial charge in [-0.05, 0) is 60.7 Å². The standard InChI is InChI=1S/C31H34N4O4/c1-38-28-15-12-22(18-29(28)39-2)20-34(17-16-23-19-32-27-11-7-6-10-26(23)27)30(36)21-35(25-13-14-25)31(37)33-24-8-4-3-5-9-24/h3-12,15,18-19,25,32H,13-14,16-17,20-21H2,1-2H3,(H,33,37). The van der Waals surface area contributed by atoms with Crippen LogP contribution < -0.4 is 14.8 Å². The van der Waals surface area contributed by atoms with Crippen LogP contribution in [0.5, 0.6) is 11.5 Å². The molecular weight excluding hydrogens is 492 g/mol. The average Bonchev–Trinajstić information content (AvgIpc) is 3.73. The van der Waals surface area contributed by atoms with E-state index in [4.69, 9.17) is 9.47 Å². The lowest BCUT2D eigenvalue weighted by molar-refractivity contribution is -0.132. The minimum atomic E-state index is -0.250. The maximum Gasteiger partial charge on any atom is 0.322 e. The molecule has 2 N–H and O–H groups in total. The Morgan fingerprint density at radius 1 is 0.949 bits per heavy atom. The van der Waals surface area contributed by atoms with Crippen molar-refractivity contribution in [3.05, 3.63) is 90.1 Å². The molecule has 0 saturated heterocycles. The van der Waals surface area contributed by atoms with E-state index in [1.54, 1.807) is 19.1 Å². The van der Waals surface area contributed by atoms with Gasteiger partial charge in [-0.15, -0.1) is 0 Å². The van der Waals surface area contributed by atoms with Gasteiger partial charge in [0.25, 0.3) is 0 Å². The average molecular weight is 527 g/mol. The second-order valence-corrected chi connectivity index (χ2v) is 9.77. The van der Waals surface area contributed by atoms with Crippen LogP contribution in [0.2, 0.25) is 0 Å². The lowest BCUT2D eigenvalue weighted by Gasteiger charge is -2.28. The first-order chi connectivity index (χ1) is 19.1. The summed E-state index contributed by atoms with van der Waals surface area (Å²) in [7, 11) is 3.20. The van der Waals surface area contributed by atoms with E-state index in [1.165, 1.54) is 0 Å². The number of nitrogens with one attached hydrogen (secondary N) is 2. The van der Waals surface area contributed by atoms with Gasteiger partial charge in [-0.3, -0.25) is 4.79 Å². The van der Waals surface area contributed by atoms with Crippen LogP contribution in [-0.4, -0.2) is 60.1 Å². The molecule has 0 spiro atoms. The van der Waals surface area contributed by atoms with Crippen molar-refractivity contribution in [1.82, 2.24) is 14.8 Å². The SMILES string of the molecule is COc1ccc(CN(CCc2c[nH]c3ccccc23)C(=O)CN(C(=O)Nc2ccccc2)C2CC2)cc1OC. The number of carbonyl (C=O) groups is 2. The number of nitrogens with zero attached hydrogens (tertiary/aromatic N) is 2. The Morgan fingerprint density at radius 3 is 2.44 bits per heavy atom. The quantitative estimate of drug-likeness (QED) is 0.272. The number of urea groups is 1. The molecular formula is C31H34N4O4. The molecule has 0 unspecified atom stereocenters. The predicted octanol–water partition coefficient (Wildman–Crippen LogP) is 5.45. The Kier molecular flexibility index (Phi) is 8.01. The fraction of sp³-hybridized carbons (Fsp3) is 0.290. The fourth-order valence-electron chi connectivity index (χ4n) is 4.80. The third-order valence-corrected chi connectivity index (χ3v) is 7.08. The molecule has 8 nitrogen and oxygen atoms in total. The van der Waals surface area contributed by atoms with E-state index in [-0.39, 0.29) is 24.5 Å². The Morgan fingerprint density at radius 2 is 1.69 bits per heavy atom. The molecule has 1 saturated carbocycles. The van der Waals surface area contributed by atoms with E-state index in [0.717, 1.165) is 34.9 Å². The topological polar surface area (TPSA) is 86.9 Å². The Labute approximate surface area is 228 Å². The number of fused-ring (bicyclic) bond motifs is 1. The van der Waals surface area contributed by atoms with Crippen molar-refractivity contribution >= 4 is 28.5 Å². The summed E-state index contributed by atoms with van der Waals surface area (Å²) < 4.78 is 10.9. The molecule has 5 rings (SSSR count). The monoisotopic (exact) mass is 526 g/mol. The molecule has 0 radical (unpaired) electrons. The number of ether oxygens (including phenoxy) is 2. The number of methoxy groups -OCH3 is 2. The summed E-state index contributed by atoms with van der Waals surface area (Å²) in [6.07, 6.45) is 4.50. The van der Waals surface area contributed by atoms with Gasteiger partial charge in [0.05, 0.1) is 14.2 Å². The van der Waals surface area contributed by atoms with Crippen molar-refractivity contribution in [2.24, 2.45) is 0 Å². The van der Waals surface area contributed by atoms with Gasteiger partial charge in [-0.25, -0.2) is 4.79 Å². The maximum atomic E-state index is 13.8. The molecule has 1 aliphatic rings. The fourth-order valence-corrected chi connectivity index (χ4v) is 4.80.